The molecule has 6 nitrogen and oxygen atoms in total. The molecule has 2 saturated heterocycles. The van der Waals surface area contributed by atoms with E-state index in [0.717, 1.165) is 50.8 Å². The maximum atomic E-state index is 6.10. The van der Waals surface area contributed by atoms with Crippen LogP contribution in [0.3, 0.4) is 0 Å². The first-order valence-electron chi connectivity index (χ1n) is 8.17. The smallest absolute Gasteiger partial charge is 0.225 e. The highest BCUT2D eigenvalue weighted by Crippen LogP contribution is 2.42. The molecule has 0 aromatic carbocycles. The monoisotopic (exact) mass is 311 g/mol. The van der Waals surface area contributed by atoms with E-state index in [1.165, 1.54) is 0 Å². The highest BCUT2D eigenvalue weighted by molar-refractivity contribution is 5.38. The normalized spacial score (nSPS) is 22.1. The van der Waals surface area contributed by atoms with E-state index in [9.17, 15) is 0 Å². The number of anilines is 2. The highest BCUT2D eigenvalue weighted by Gasteiger charge is 2.53. The van der Waals surface area contributed by atoms with Gasteiger partial charge in [-0.25, -0.2) is 15.0 Å². The summed E-state index contributed by atoms with van der Waals surface area (Å²) < 4.78 is 6.10. The number of nitrogens with zero attached hydrogens (tertiary/aromatic N) is 4. The second-order valence-corrected chi connectivity index (χ2v) is 6.23. The molecule has 1 atom stereocenters. The first kappa shape index (κ1) is 14.4. The van der Waals surface area contributed by atoms with Gasteiger partial charge < -0.3 is 15.0 Å². The molecule has 2 aromatic rings. The molecule has 2 aromatic heterocycles. The third-order valence-electron chi connectivity index (χ3n) is 4.82. The molecule has 1 spiro atoms. The Bertz CT molecular complexity index is 630. The Morgan fingerprint density at radius 1 is 1.13 bits per heavy atom. The molecule has 2 aliphatic rings. The molecule has 1 N–H and O–H groups in total. The molecule has 4 heterocycles. The molecular weight excluding hydrogens is 290 g/mol. The summed E-state index contributed by atoms with van der Waals surface area (Å²) in [5, 5.41) is 3.40. The van der Waals surface area contributed by atoms with Crippen LogP contribution in [0.25, 0.3) is 0 Å². The molecular formula is C17H21N5O. The fraction of sp³-hybridized carbons (Fsp3) is 0.471. The van der Waals surface area contributed by atoms with Crippen molar-refractivity contribution >= 4 is 11.8 Å². The predicted octanol–water partition coefficient (Wildman–Crippen LogP) is 1.97. The largest absolute Gasteiger partial charge is 0.371 e. The minimum Gasteiger partial charge on any atom is -0.371 e. The van der Waals surface area contributed by atoms with Crippen LogP contribution in [0.4, 0.5) is 11.8 Å². The Balaban J connectivity index is 1.31. The van der Waals surface area contributed by atoms with Gasteiger partial charge in [0.2, 0.25) is 5.95 Å². The predicted molar refractivity (Wildman–Crippen MR) is 88.4 cm³/mol. The van der Waals surface area contributed by atoms with E-state index in [0.29, 0.717) is 5.92 Å². The Hall–Kier alpha value is -2.21. The summed E-state index contributed by atoms with van der Waals surface area (Å²) in [6.07, 6.45) is 7.62. The van der Waals surface area contributed by atoms with Crippen LogP contribution in [-0.4, -0.2) is 46.8 Å². The molecule has 23 heavy (non-hydrogen) atoms. The summed E-state index contributed by atoms with van der Waals surface area (Å²) in [4.78, 5) is 15.1. The van der Waals surface area contributed by atoms with Crippen molar-refractivity contribution in [1.29, 1.82) is 0 Å². The third kappa shape index (κ3) is 2.86. The molecule has 0 saturated carbocycles. The first-order chi connectivity index (χ1) is 11.4. The molecule has 1 unspecified atom stereocenters. The lowest BCUT2D eigenvalue weighted by molar-refractivity contribution is -0.0454. The molecule has 2 fully saturated rings. The van der Waals surface area contributed by atoms with Crippen LogP contribution < -0.4 is 10.2 Å². The lowest BCUT2D eigenvalue weighted by Crippen LogP contribution is -2.65. The van der Waals surface area contributed by atoms with Crippen LogP contribution in [0.2, 0.25) is 0 Å². The van der Waals surface area contributed by atoms with E-state index in [2.05, 4.69) is 25.2 Å². The number of aromatic nitrogens is 3. The van der Waals surface area contributed by atoms with E-state index in [1.807, 2.05) is 30.5 Å². The molecule has 0 amide bonds. The van der Waals surface area contributed by atoms with Gasteiger partial charge in [0.25, 0.3) is 0 Å². The zero-order valence-corrected chi connectivity index (χ0v) is 13.1. The molecule has 4 rings (SSSR count). The fourth-order valence-electron chi connectivity index (χ4n) is 3.58. The minimum atomic E-state index is -0.00893. The van der Waals surface area contributed by atoms with Crippen molar-refractivity contribution in [2.75, 3.05) is 36.5 Å². The van der Waals surface area contributed by atoms with Crippen LogP contribution in [-0.2, 0) is 4.74 Å². The average molecular weight is 311 g/mol. The van der Waals surface area contributed by atoms with Crippen molar-refractivity contribution in [3.8, 4) is 0 Å². The van der Waals surface area contributed by atoms with Crippen molar-refractivity contribution in [3.63, 3.8) is 0 Å². The van der Waals surface area contributed by atoms with Gasteiger partial charge >= 0.3 is 0 Å². The van der Waals surface area contributed by atoms with E-state index in [-0.39, 0.29) is 5.60 Å². The molecule has 0 radical (unpaired) electrons. The van der Waals surface area contributed by atoms with Gasteiger partial charge in [-0.15, -0.1) is 0 Å². The van der Waals surface area contributed by atoms with Gasteiger partial charge in [0.1, 0.15) is 11.4 Å². The molecule has 120 valence electrons. The maximum Gasteiger partial charge on any atom is 0.225 e. The molecule has 0 bridgehead atoms. The summed E-state index contributed by atoms with van der Waals surface area (Å²) in [6.45, 7) is 3.57. The van der Waals surface area contributed by atoms with Crippen LogP contribution in [0.15, 0.2) is 42.9 Å². The van der Waals surface area contributed by atoms with Gasteiger partial charge in [-0.2, -0.15) is 0 Å². The van der Waals surface area contributed by atoms with E-state index < -0.39 is 0 Å². The van der Waals surface area contributed by atoms with Crippen LogP contribution in [0.1, 0.15) is 12.8 Å². The number of pyridine rings is 1. The van der Waals surface area contributed by atoms with Crippen molar-refractivity contribution in [3.05, 3.63) is 42.9 Å². The van der Waals surface area contributed by atoms with Gasteiger partial charge in [0, 0.05) is 31.7 Å². The molecule has 0 aliphatic carbocycles. The standard InChI is InChI=1S/C17H21N5O/c1-2-7-18-15(4-1)19-10-5-14-6-11-23-17(14)12-22(13-17)16-20-8-3-9-21-16/h1-4,7-9,14H,5-6,10-13H2,(H,18,19). The molecule has 6 heteroatoms. The Morgan fingerprint density at radius 3 is 2.74 bits per heavy atom. The van der Waals surface area contributed by atoms with Gasteiger partial charge in [0.15, 0.2) is 0 Å². The summed E-state index contributed by atoms with van der Waals surface area (Å²) in [6, 6.07) is 7.77. The minimum absolute atomic E-state index is 0.00893. The zero-order chi connectivity index (χ0) is 15.5. The van der Waals surface area contributed by atoms with E-state index in [4.69, 9.17) is 4.74 Å². The first-order valence-corrected chi connectivity index (χ1v) is 8.17. The van der Waals surface area contributed by atoms with Gasteiger partial charge in [-0.1, -0.05) is 6.07 Å². The van der Waals surface area contributed by atoms with Crippen LogP contribution in [0.5, 0.6) is 0 Å². The Kier molecular flexibility index (Phi) is 3.83. The quantitative estimate of drug-likeness (QED) is 0.911. The SMILES string of the molecule is c1ccc(NCCC2CCOC23CN(c2ncccn2)C3)nc1. The number of hydrogen-bond acceptors (Lipinski definition) is 6. The van der Waals surface area contributed by atoms with Crippen LogP contribution in [0, 0.1) is 5.92 Å². The highest BCUT2D eigenvalue weighted by atomic mass is 16.5. The summed E-state index contributed by atoms with van der Waals surface area (Å²) in [5.74, 6) is 2.33. The summed E-state index contributed by atoms with van der Waals surface area (Å²) >= 11 is 0. The van der Waals surface area contributed by atoms with Crippen molar-refractivity contribution in [2.45, 2.75) is 18.4 Å². The molecule has 2 aliphatic heterocycles. The topological polar surface area (TPSA) is 63.2 Å². The lowest BCUT2D eigenvalue weighted by Gasteiger charge is -2.50. The third-order valence-corrected chi connectivity index (χ3v) is 4.82. The summed E-state index contributed by atoms with van der Waals surface area (Å²) in [7, 11) is 0. The average Bonchev–Trinajstić information content (AvgIpc) is 2.99. The number of ether oxygens (including phenoxy) is 1. The van der Waals surface area contributed by atoms with E-state index in [1.54, 1.807) is 12.4 Å². The second kappa shape index (κ2) is 6.12. The van der Waals surface area contributed by atoms with Gasteiger partial charge in [-0.05, 0) is 37.0 Å². The fourth-order valence-corrected chi connectivity index (χ4v) is 3.58. The Labute approximate surface area is 135 Å². The van der Waals surface area contributed by atoms with E-state index >= 15 is 0 Å². The van der Waals surface area contributed by atoms with Crippen molar-refractivity contribution in [1.82, 2.24) is 15.0 Å². The number of nitrogens with one attached hydrogen (secondary N) is 1. The Morgan fingerprint density at radius 2 is 1.96 bits per heavy atom. The van der Waals surface area contributed by atoms with Gasteiger partial charge in [-0.3, -0.25) is 0 Å². The van der Waals surface area contributed by atoms with Crippen LogP contribution >= 0.6 is 0 Å². The van der Waals surface area contributed by atoms with Crippen molar-refractivity contribution in [2.24, 2.45) is 5.92 Å². The number of hydrogen-bond donors (Lipinski definition) is 1. The summed E-state index contributed by atoms with van der Waals surface area (Å²) in [5.41, 5.74) is -0.00893. The van der Waals surface area contributed by atoms with Gasteiger partial charge in [0.05, 0.1) is 13.1 Å². The second-order valence-electron chi connectivity index (χ2n) is 6.23. The van der Waals surface area contributed by atoms with Crippen molar-refractivity contribution < 1.29 is 4.74 Å². The number of rotatable bonds is 5. The zero-order valence-electron chi connectivity index (χ0n) is 13.1. The lowest BCUT2D eigenvalue weighted by atomic mass is 9.79. The maximum absolute atomic E-state index is 6.10.